The van der Waals surface area contributed by atoms with Gasteiger partial charge in [0.05, 0.1) is 24.0 Å². The van der Waals surface area contributed by atoms with E-state index in [1.807, 2.05) is 39.0 Å². The maximum atomic E-state index is 12.5. The molecular weight excluding hydrogens is 308 g/mol. The van der Waals surface area contributed by atoms with Crippen LogP contribution in [0.5, 0.6) is 0 Å². The number of hydrogen-bond donors (Lipinski definition) is 1. The number of amides is 3. The Balaban J connectivity index is 1.77. The van der Waals surface area contributed by atoms with Gasteiger partial charge in [-0.25, -0.2) is 4.79 Å². The molecule has 3 amide bonds. The lowest BCUT2D eigenvalue weighted by molar-refractivity contribution is -0.123. The summed E-state index contributed by atoms with van der Waals surface area (Å²) >= 11 is 0. The second-order valence-corrected chi connectivity index (χ2v) is 7.21. The first-order chi connectivity index (χ1) is 11.3. The molecule has 1 atom stereocenters. The van der Waals surface area contributed by atoms with E-state index in [1.54, 1.807) is 15.8 Å². The minimum absolute atomic E-state index is 0.0277. The Morgan fingerprint density at radius 3 is 2.71 bits per heavy atom. The molecule has 1 aromatic heterocycles. The number of aryl methyl sites for hydroxylation is 1. The number of urea groups is 1. The van der Waals surface area contributed by atoms with Crippen molar-refractivity contribution in [1.29, 1.82) is 0 Å². The van der Waals surface area contributed by atoms with Crippen LogP contribution >= 0.6 is 0 Å². The van der Waals surface area contributed by atoms with Crippen LogP contribution in [0.1, 0.15) is 20.3 Å². The molecule has 1 spiro atoms. The minimum atomic E-state index is -0.196. The minimum Gasteiger partial charge on any atom is -0.336 e. The van der Waals surface area contributed by atoms with Crippen LogP contribution in [0.4, 0.5) is 10.5 Å². The fourth-order valence-electron chi connectivity index (χ4n) is 3.55. The average Bonchev–Trinajstić information content (AvgIpc) is 3.10. The first-order valence-electron chi connectivity index (χ1n) is 8.36. The van der Waals surface area contributed by atoms with Gasteiger partial charge in [0, 0.05) is 38.9 Å². The number of nitrogens with zero attached hydrogens (tertiary/aromatic N) is 5. The summed E-state index contributed by atoms with van der Waals surface area (Å²) in [6.45, 7) is 6.19. The number of nitrogens with one attached hydrogen (secondary N) is 1. The van der Waals surface area contributed by atoms with Crippen LogP contribution in [0, 0.1) is 0 Å². The number of likely N-dealkylation sites (tertiary alicyclic amines) is 1. The summed E-state index contributed by atoms with van der Waals surface area (Å²) in [4.78, 5) is 30.5. The number of carbonyl (C=O) groups is 2. The topological polar surface area (TPSA) is 73.7 Å². The van der Waals surface area contributed by atoms with Crippen LogP contribution in [0.25, 0.3) is 0 Å². The highest BCUT2D eigenvalue weighted by Crippen LogP contribution is 2.33. The van der Waals surface area contributed by atoms with Crippen molar-refractivity contribution in [3.05, 3.63) is 12.4 Å². The highest BCUT2D eigenvalue weighted by atomic mass is 16.2. The molecular formula is C16H26N6O2. The smallest absolute Gasteiger partial charge is 0.317 e. The lowest BCUT2D eigenvalue weighted by atomic mass is 9.93. The van der Waals surface area contributed by atoms with E-state index in [1.165, 1.54) is 0 Å². The Kier molecular flexibility index (Phi) is 4.25. The van der Waals surface area contributed by atoms with Crippen LogP contribution in [0.15, 0.2) is 12.4 Å². The number of hydrogen-bond acceptors (Lipinski definition) is 4. The first kappa shape index (κ1) is 16.8. The molecule has 8 heteroatoms. The molecule has 2 aliphatic heterocycles. The van der Waals surface area contributed by atoms with E-state index in [2.05, 4.69) is 15.3 Å². The number of rotatable bonds is 2. The van der Waals surface area contributed by atoms with E-state index < -0.39 is 0 Å². The van der Waals surface area contributed by atoms with Gasteiger partial charge in [0.25, 0.3) is 0 Å². The summed E-state index contributed by atoms with van der Waals surface area (Å²) in [5.74, 6) is 0.0706. The van der Waals surface area contributed by atoms with Gasteiger partial charge in [0.1, 0.15) is 0 Å². The predicted molar refractivity (Wildman–Crippen MR) is 90.8 cm³/mol. The molecule has 132 valence electrons. The molecule has 2 fully saturated rings. The molecule has 8 nitrogen and oxygen atoms in total. The zero-order valence-electron chi connectivity index (χ0n) is 14.8. The molecule has 0 bridgehead atoms. The molecule has 0 radical (unpaired) electrons. The van der Waals surface area contributed by atoms with Gasteiger partial charge in [-0.05, 0) is 27.3 Å². The monoisotopic (exact) mass is 334 g/mol. The summed E-state index contributed by atoms with van der Waals surface area (Å²) in [5.41, 5.74) is 0.623. The Morgan fingerprint density at radius 2 is 2.08 bits per heavy atom. The van der Waals surface area contributed by atoms with E-state index in [0.717, 1.165) is 12.1 Å². The number of anilines is 1. The number of carbonyl (C=O) groups excluding carboxylic acids is 2. The quantitative estimate of drug-likeness (QED) is 0.842. The van der Waals surface area contributed by atoms with Crippen LogP contribution in [-0.4, -0.2) is 76.3 Å². The van der Waals surface area contributed by atoms with Crippen molar-refractivity contribution in [2.75, 3.05) is 38.1 Å². The molecule has 1 N–H and O–H groups in total. The molecule has 0 aromatic carbocycles. The van der Waals surface area contributed by atoms with Gasteiger partial charge in [0.15, 0.2) is 0 Å². The third-order valence-corrected chi connectivity index (χ3v) is 4.97. The lowest BCUT2D eigenvalue weighted by Gasteiger charge is -2.46. The third-order valence-electron chi connectivity index (χ3n) is 4.97. The summed E-state index contributed by atoms with van der Waals surface area (Å²) in [5, 5.41) is 7.12. The Labute approximate surface area is 142 Å². The maximum absolute atomic E-state index is 12.5. The molecule has 24 heavy (non-hydrogen) atoms. The summed E-state index contributed by atoms with van der Waals surface area (Å²) in [6, 6.07) is 0.0895. The van der Waals surface area contributed by atoms with Crippen LogP contribution in [-0.2, 0) is 11.8 Å². The zero-order chi connectivity index (χ0) is 17.5. The van der Waals surface area contributed by atoms with Crippen molar-refractivity contribution in [2.24, 2.45) is 7.05 Å². The first-order valence-corrected chi connectivity index (χ1v) is 8.36. The van der Waals surface area contributed by atoms with Crippen LogP contribution in [0.3, 0.4) is 0 Å². The van der Waals surface area contributed by atoms with Gasteiger partial charge in [-0.1, -0.05) is 0 Å². The summed E-state index contributed by atoms with van der Waals surface area (Å²) in [7, 11) is 3.82. The van der Waals surface area contributed by atoms with Gasteiger partial charge >= 0.3 is 6.03 Å². The van der Waals surface area contributed by atoms with Crippen molar-refractivity contribution >= 4 is 17.6 Å². The van der Waals surface area contributed by atoms with Gasteiger partial charge in [-0.3, -0.25) is 14.4 Å². The maximum Gasteiger partial charge on any atom is 0.317 e. The number of piperazine rings is 1. The molecule has 1 aromatic rings. The molecule has 1 unspecified atom stereocenters. The van der Waals surface area contributed by atoms with Gasteiger partial charge in [-0.15, -0.1) is 0 Å². The highest BCUT2D eigenvalue weighted by molar-refractivity contribution is 5.95. The van der Waals surface area contributed by atoms with E-state index in [4.69, 9.17) is 0 Å². The fraction of sp³-hybridized carbons (Fsp3) is 0.688. The summed E-state index contributed by atoms with van der Waals surface area (Å²) in [6.07, 6.45) is 4.43. The summed E-state index contributed by atoms with van der Waals surface area (Å²) < 4.78 is 1.70. The molecule has 0 aliphatic carbocycles. The van der Waals surface area contributed by atoms with Crippen molar-refractivity contribution in [3.8, 4) is 0 Å². The zero-order valence-corrected chi connectivity index (χ0v) is 14.8. The average molecular weight is 334 g/mol. The second-order valence-electron chi connectivity index (χ2n) is 7.21. The number of aromatic nitrogens is 2. The Bertz CT molecular complexity index is 642. The largest absolute Gasteiger partial charge is 0.336 e. The van der Waals surface area contributed by atoms with E-state index in [0.29, 0.717) is 26.2 Å². The third kappa shape index (κ3) is 2.98. The van der Waals surface area contributed by atoms with Crippen molar-refractivity contribution < 1.29 is 9.59 Å². The fourth-order valence-corrected chi connectivity index (χ4v) is 3.55. The molecule has 3 rings (SSSR count). The molecule has 2 aliphatic rings. The van der Waals surface area contributed by atoms with Crippen molar-refractivity contribution in [1.82, 2.24) is 24.9 Å². The molecule has 2 saturated heterocycles. The van der Waals surface area contributed by atoms with Gasteiger partial charge in [-0.2, -0.15) is 5.10 Å². The van der Waals surface area contributed by atoms with Crippen molar-refractivity contribution in [2.45, 2.75) is 31.8 Å². The van der Waals surface area contributed by atoms with Crippen LogP contribution < -0.4 is 10.2 Å². The Morgan fingerprint density at radius 1 is 1.33 bits per heavy atom. The van der Waals surface area contributed by atoms with Gasteiger partial charge < -0.3 is 15.1 Å². The normalized spacial score (nSPS) is 25.1. The number of likely N-dealkylation sites (N-methyl/N-ethyl adjacent to an activating group) is 1. The standard InChI is InChI=1S/C16H26N6O2/c1-12(2)18-15(24)21-6-5-16(10-21)11-22(14(23)9-19(16)3)13-7-17-20(4)8-13/h7-8,12H,5-6,9-11H2,1-4H3,(H,18,24). The van der Waals surface area contributed by atoms with E-state index in [-0.39, 0.29) is 23.5 Å². The predicted octanol–water partition coefficient (Wildman–Crippen LogP) is 0.261. The highest BCUT2D eigenvalue weighted by Gasteiger charge is 2.48. The van der Waals surface area contributed by atoms with Gasteiger partial charge in [0.2, 0.25) is 5.91 Å². The van der Waals surface area contributed by atoms with E-state index >= 15 is 0 Å². The second kappa shape index (κ2) is 6.08. The Hall–Kier alpha value is -2.09. The SMILES string of the molecule is CC(C)NC(=O)N1CCC2(C1)CN(c1cnn(C)c1)C(=O)CN2C. The van der Waals surface area contributed by atoms with Crippen LogP contribution in [0.2, 0.25) is 0 Å². The van der Waals surface area contributed by atoms with Crippen molar-refractivity contribution in [3.63, 3.8) is 0 Å². The molecule has 3 heterocycles. The lowest BCUT2D eigenvalue weighted by Crippen LogP contribution is -2.64. The van der Waals surface area contributed by atoms with E-state index in [9.17, 15) is 9.59 Å². The molecule has 0 saturated carbocycles.